The van der Waals surface area contributed by atoms with Crippen molar-refractivity contribution in [3.63, 3.8) is 0 Å². The number of nitrogens with zero attached hydrogens (tertiary/aromatic N) is 3. The van der Waals surface area contributed by atoms with Crippen LogP contribution in [0.25, 0.3) is 22.3 Å². The van der Waals surface area contributed by atoms with Gasteiger partial charge in [-0.2, -0.15) is 0 Å². The van der Waals surface area contributed by atoms with Crippen LogP contribution in [0.5, 0.6) is 0 Å². The first-order valence-corrected chi connectivity index (χ1v) is 13.8. The van der Waals surface area contributed by atoms with Crippen LogP contribution in [0.1, 0.15) is 60.9 Å². The molecule has 2 aliphatic rings. The quantitative estimate of drug-likeness (QED) is 0.531. The van der Waals surface area contributed by atoms with Gasteiger partial charge in [-0.15, -0.1) is 0 Å². The van der Waals surface area contributed by atoms with Crippen LogP contribution < -0.4 is 5.32 Å². The van der Waals surface area contributed by atoms with Crippen LogP contribution in [-0.4, -0.2) is 46.9 Å². The number of pyridine rings is 1. The minimum Gasteiger partial charge on any atom is -0.350 e. The van der Waals surface area contributed by atoms with E-state index in [1.54, 1.807) is 0 Å². The topological polar surface area (TPSA) is 93.9 Å². The fraction of sp³-hybridized carbons (Fsp3) is 0.423. The Labute approximate surface area is 200 Å². The zero-order chi connectivity index (χ0) is 23.7. The largest absolute Gasteiger partial charge is 0.350 e. The fourth-order valence-corrected chi connectivity index (χ4v) is 6.82. The third-order valence-electron chi connectivity index (χ3n) is 6.83. The second-order valence-corrected chi connectivity index (χ2v) is 11.5. The van der Waals surface area contributed by atoms with Gasteiger partial charge in [-0.3, -0.25) is 4.79 Å². The minimum absolute atomic E-state index is 0.0962. The number of rotatable bonds is 6. The summed E-state index contributed by atoms with van der Waals surface area (Å²) in [6.07, 6.45) is 8.38. The first-order chi connectivity index (χ1) is 16.4. The summed E-state index contributed by atoms with van der Waals surface area (Å²) in [5, 5.41) is 3.04. The van der Waals surface area contributed by atoms with E-state index in [0.717, 1.165) is 30.3 Å². The Morgan fingerprint density at radius 3 is 2.71 bits per heavy atom. The molecule has 1 unspecified atom stereocenters. The van der Waals surface area contributed by atoms with Crippen LogP contribution in [0, 0.1) is 6.92 Å². The SMILES string of the molecule is Cc1nc2c(C(=O)NCCC3=CCCCC3)nc(-c3ccccc3)cc2n1C1CCS(=O)(=O)C1. The number of benzene rings is 1. The number of fused-ring (bicyclic) bond motifs is 1. The van der Waals surface area contributed by atoms with Gasteiger partial charge in [0, 0.05) is 12.1 Å². The summed E-state index contributed by atoms with van der Waals surface area (Å²) in [5.41, 5.74) is 4.55. The molecule has 0 bridgehead atoms. The molecule has 2 aromatic heterocycles. The average molecular weight is 479 g/mol. The molecule has 1 saturated heterocycles. The number of carbonyl (C=O) groups excluding carboxylic acids is 1. The number of hydrogen-bond acceptors (Lipinski definition) is 5. The van der Waals surface area contributed by atoms with E-state index in [1.165, 1.54) is 18.4 Å². The highest BCUT2D eigenvalue weighted by atomic mass is 32.2. The van der Waals surface area contributed by atoms with E-state index in [-0.39, 0.29) is 29.1 Å². The Hall–Kier alpha value is -3.00. The predicted octanol–water partition coefficient (Wildman–Crippen LogP) is 4.39. The molecule has 1 aromatic carbocycles. The van der Waals surface area contributed by atoms with Crippen molar-refractivity contribution in [2.75, 3.05) is 18.1 Å². The van der Waals surface area contributed by atoms with Crippen molar-refractivity contribution < 1.29 is 13.2 Å². The maximum absolute atomic E-state index is 13.3. The molecule has 1 aliphatic carbocycles. The molecule has 0 spiro atoms. The summed E-state index contributed by atoms with van der Waals surface area (Å²) in [6.45, 7) is 2.42. The van der Waals surface area contributed by atoms with E-state index in [9.17, 15) is 13.2 Å². The van der Waals surface area contributed by atoms with Gasteiger partial charge in [-0.05, 0) is 51.5 Å². The highest BCUT2D eigenvalue weighted by Crippen LogP contribution is 2.32. The molecule has 1 aliphatic heterocycles. The predicted molar refractivity (Wildman–Crippen MR) is 134 cm³/mol. The van der Waals surface area contributed by atoms with Crippen molar-refractivity contribution in [1.29, 1.82) is 0 Å². The Kier molecular flexibility index (Phi) is 6.25. The van der Waals surface area contributed by atoms with Crippen LogP contribution in [0.3, 0.4) is 0 Å². The van der Waals surface area contributed by atoms with Crippen molar-refractivity contribution in [1.82, 2.24) is 19.9 Å². The molecule has 0 saturated carbocycles. The number of amides is 1. The number of aromatic nitrogens is 3. The maximum Gasteiger partial charge on any atom is 0.272 e. The van der Waals surface area contributed by atoms with Crippen molar-refractivity contribution >= 4 is 26.8 Å². The zero-order valence-corrected chi connectivity index (χ0v) is 20.3. The summed E-state index contributed by atoms with van der Waals surface area (Å²) in [6, 6.07) is 11.5. The number of nitrogens with one attached hydrogen (secondary N) is 1. The zero-order valence-electron chi connectivity index (χ0n) is 19.5. The van der Waals surface area contributed by atoms with Gasteiger partial charge in [-0.1, -0.05) is 42.0 Å². The molecule has 1 fully saturated rings. The van der Waals surface area contributed by atoms with E-state index in [4.69, 9.17) is 9.97 Å². The van der Waals surface area contributed by atoms with E-state index < -0.39 is 9.84 Å². The van der Waals surface area contributed by atoms with Crippen molar-refractivity contribution in [3.8, 4) is 11.3 Å². The lowest BCUT2D eigenvalue weighted by molar-refractivity contribution is 0.0951. The van der Waals surface area contributed by atoms with Gasteiger partial charge in [0.15, 0.2) is 15.5 Å². The van der Waals surface area contributed by atoms with Crippen LogP contribution in [0.15, 0.2) is 48.0 Å². The van der Waals surface area contributed by atoms with Gasteiger partial charge in [-0.25, -0.2) is 18.4 Å². The maximum atomic E-state index is 13.3. The standard InChI is InChI=1S/C26H30N4O3S/c1-18-28-24-23(30(18)21-13-15-34(32,33)17-21)16-22(20-10-6-3-7-11-20)29-25(24)26(31)27-14-12-19-8-4-2-5-9-19/h3,6-8,10-11,16,21H,2,4-5,9,12-15,17H2,1H3,(H,27,31). The van der Waals surface area contributed by atoms with Gasteiger partial charge in [0.05, 0.1) is 28.8 Å². The summed E-state index contributed by atoms with van der Waals surface area (Å²) in [5.74, 6) is 0.726. The molecule has 5 rings (SSSR count). The third kappa shape index (κ3) is 4.64. The first-order valence-electron chi connectivity index (χ1n) is 12.0. The summed E-state index contributed by atoms with van der Waals surface area (Å²) >= 11 is 0. The summed E-state index contributed by atoms with van der Waals surface area (Å²) < 4.78 is 26.3. The first kappa shape index (κ1) is 22.8. The molecule has 1 N–H and O–H groups in total. The van der Waals surface area contributed by atoms with E-state index >= 15 is 0 Å². The van der Waals surface area contributed by atoms with Gasteiger partial charge in [0.25, 0.3) is 5.91 Å². The Morgan fingerprint density at radius 2 is 2.00 bits per heavy atom. The highest BCUT2D eigenvalue weighted by Gasteiger charge is 2.32. The molecule has 1 amide bonds. The second kappa shape index (κ2) is 9.33. The van der Waals surface area contributed by atoms with Crippen LogP contribution >= 0.6 is 0 Å². The molecule has 3 aromatic rings. The second-order valence-electron chi connectivity index (χ2n) is 9.29. The number of carbonyl (C=O) groups is 1. The summed E-state index contributed by atoms with van der Waals surface area (Å²) in [4.78, 5) is 22.7. The molecule has 8 heteroatoms. The minimum atomic E-state index is -3.07. The van der Waals surface area contributed by atoms with Crippen LogP contribution in [0.2, 0.25) is 0 Å². The summed E-state index contributed by atoms with van der Waals surface area (Å²) in [7, 11) is -3.07. The lowest BCUT2D eigenvalue weighted by Gasteiger charge is -2.15. The lowest BCUT2D eigenvalue weighted by Crippen LogP contribution is -2.26. The van der Waals surface area contributed by atoms with Gasteiger partial charge in [0.1, 0.15) is 11.3 Å². The molecule has 0 radical (unpaired) electrons. The molecule has 34 heavy (non-hydrogen) atoms. The number of sulfone groups is 1. The van der Waals surface area contributed by atoms with Crippen LogP contribution in [-0.2, 0) is 9.84 Å². The van der Waals surface area contributed by atoms with E-state index in [2.05, 4.69) is 11.4 Å². The highest BCUT2D eigenvalue weighted by molar-refractivity contribution is 7.91. The number of hydrogen-bond donors (Lipinski definition) is 1. The molecule has 3 heterocycles. The van der Waals surface area contributed by atoms with Gasteiger partial charge < -0.3 is 9.88 Å². The lowest BCUT2D eigenvalue weighted by atomic mass is 9.97. The van der Waals surface area contributed by atoms with Crippen molar-refractivity contribution in [2.45, 2.75) is 51.5 Å². The van der Waals surface area contributed by atoms with Crippen molar-refractivity contribution in [2.24, 2.45) is 0 Å². The molecule has 1 atom stereocenters. The molecular weight excluding hydrogens is 448 g/mol. The van der Waals surface area contributed by atoms with Crippen LogP contribution in [0.4, 0.5) is 0 Å². The third-order valence-corrected chi connectivity index (χ3v) is 8.58. The fourth-order valence-electron chi connectivity index (χ4n) is 5.12. The van der Waals surface area contributed by atoms with Gasteiger partial charge >= 0.3 is 0 Å². The normalized spacial score (nSPS) is 19.8. The Bertz CT molecular complexity index is 1360. The molecule has 178 valence electrons. The van der Waals surface area contributed by atoms with Crippen molar-refractivity contribution in [3.05, 3.63) is 59.6 Å². The smallest absolute Gasteiger partial charge is 0.272 e. The Balaban J connectivity index is 1.52. The monoisotopic (exact) mass is 478 g/mol. The average Bonchev–Trinajstić information content (AvgIpc) is 3.37. The van der Waals surface area contributed by atoms with Gasteiger partial charge in [0.2, 0.25) is 0 Å². The van der Waals surface area contributed by atoms with E-state index in [0.29, 0.717) is 30.0 Å². The Morgan fingerprint density at radius 1 is 1.18 bits per heavy atom. The number of aryl methyl sites for hydroxylation is 1. The molecule has 7 nitrogen and oxygen atoms in total. The van der Waals surface area contributed by atoms with E-state index in [1.807, 2.05) is 47.9 Å². The number of imidazole rings is 1. The molecular formula is C26H30N4O3S. The number of allylic oxidation sites excluding steroid dienone is 1.